The second-order valence-electron chi connectivity index (χ2n) is 4.05. The topological polar surface area (TPSA) is 0 Å². The monoisotopic (exact) mass is 258 g/mol. The molecule has 1 rings (SSSR count). The van der Waals surface area contributed by atoms with Crippen LogP contribution in [0.15, 0.2) is 22.8 Å². The van der Waals surface area contributed by atoms with Crippen molar-refractivity contribution < 1.29 is 13.2 Å². The van der Waals surface area contributed by atoms with Gasteiger partial charge in [0.2, 0.25) is 0 Å². The highest BCUT2D eigenvalue weighted by atomic mass is 35.5. The van der Waals surface area contributed by atoms with Crippen LogP contribution in [0.2, 0.25) is 0 Å². The molecule has 0 radical (unpaired) electrons. The molecule has 1 atom stereocenters. The van der Waals surface area contributed by atoms with E-state index in [0.717, 1.165) is 6.08 Å². The standard InChI is InChI=1S/C10H11Cl2F3/c1-9(2,12)6-3-4-7(8(11)5-6)10(13,14)15/h3-4,6H,5H2,1-2H3. The van der Waals surface area contributed by atoms with E-state index in [4.69, 9.17) is 23.2 Å². The van der Waals surface area contributed by atoms with Crippen LogP contribution in [-0.2, 0) is 0 Å². The van der Waals surface area contributed by atoms with Crippen molar-refractivity contribution in [2.24, 2.45) is 5.92 Å². The summed E-state index contributed by atoms with van der Waals surface area (Å²) in [5, 5.41) is -0.163. The van der Waals surface area contributed by atoms with Crippen molar-refractivity contribution in [3.05, 3.63) is 22.8 Å². The zero-order chi connectivity index (χ0) is 11.9. The van der Waals surface area contributed by atoms with Crippen molar-refractivity contribution in [2.75, 3.05) is 0 Å². The molecule has 0 aliphatic heterocycles. The van der Waals surface area contributed by atoms with Gasteiger partial charge in [-0.1, -0.05) is 23.8 Å². The molecule has 1 aliphatic rings. The molecule has 0 aromatic carbocycles. The van der Waals surface area contributed by atoms with E-state index in [0.29, 0.717) is 0 Å². The van der Waals surface area contributed by atoms with Crippen molar-refractivity contribution in [3.8, 4) is 0 Å². The number of halogens is 5. The first-order chi connectivity index (χ1) is 6.62. The Labute approximate surface area is 96.7 Å². The van der Waals surface area contributed by atoms with Crippen LogP contribution in [0.1, 0.15) is 20.3 Å². The number of hydrogen-bond acceptors (Lipinski definition) is 0. The van der Waals surface area contributed by atoms with E-state index in [9.17, 15) is 13.2 Å². The highest BCUT2D eigenvalue weighted by Gasteiger charge is 2.38. The lowest BCUT2D eigenvalue weighted by atomic mass is 9.86. The quantitative estimate of drug-likeness (QED) is 0.602. The van der Waals surface area contributed by atoms with Crippen LogP contribution < -0.4 is 0 Å². The van der Waals surface area contributed by atoms with E-state index in [1.807, 2.05) is 0 Å². The van der Waals surface area contributed by atoms with Crippen LogP contribution in [0.3, 0.4) is 0 Å². The van der Waals surface area contributed by atoms with Crippen LogP contribution >= 0.6 is 23.2 Å². The summed E-state index contributed by atoms with van der Waals surface area (Å²) in [5.41, 5.74) is -0.763. The van der Waals surface area contributed by atoms with Crippen LogP contribution in [0.4, 0.5) is 13.2 Å². The van der Waals surface area contributed by atoms with Gasteiger partial charge in [-0.05, 0) is 20.3 Å². The Balaban J connectivity index is 2.91. The molecular formula is C10H11Cl2F3. The van der Waals surface area contributed by atoms with Gasteiger partial charge in [-0.25, -0.2) is 0 Å². The summed E-state index contributed by atoms with van der Waals surface area (Å²) in [6.07, 6.45) is -1.75. The molecule has 15 heavy (non-hydrogen) atoms. The molecule has 5 heteroatoms. The Morgan fingerprint density at radius 2 is 1.87 bits per heavy atom. The number of alkyl halides is 4. The fourth-order valence-electron chi connectivity index (χ4n) is 1.39. The van der Waals surface area contributed by atoms with Gasteiger partial charge >= 0.3 is 6.18 Å². The normalized spacial score (nSPS) is 23.5. The fraction of sp³-hybridized carbons (Fsp3) is 0.600. The van der Waals surface area contributed by atoms with Crippen molar-refractivity contribution in [2.45, 2.75) is 31.3 Å². The second kappa shape index (κ2) is 4.02. The first kappa shape index (κ1) is 12.9. The predicted octanol–water partition coefficient (Wildman–Crippen LogP) is 4.64. The third-order valence-electron chi connectivity index (χ3n) is 2.37. The fourth-order valence-corrected chi connectivity index (χ4v) is 1.88. The molecule has 0 fully saturated rings. The SMILES string of the molecule is CC(C)(Cl)C1C=CC(C(F)(F)F)=C(Cl)C1. The zero-order valence-corrected chi connectivity index (χ0v) is 9.84. The lowest BCUT2D eigenvalue weighted by molar-refractivity contribution is -0.0890. The van der Waals surface area contributed by atoms with Gasteiger partial charge in [0.1, 0.15) is 0 Å². The minimum Gasteiger partial charge on any atom is -0.166 e. The van der Waals surface area contributed by atoms with E-state index in [2.05, 4.69) is 0 Å². The Kier molecular flexibility index (Phi) is 3.46. The molecule has 0 bridgehead atoms. The molecule has 0 amide bonds. The lowest BCUT2D eigenvalue weighted by Gasteiger charge is -2.29. The maximum absolute atomic E-state index is 12.4. The van der Waals surface area contributed by atoms with Gasteiger partial charge in [0.05, 0.1) is 5.57 Å². The molecule has 1 aliphatic carbocycles. The van der Waals surface area contributed by atoms with E-state index in [1.54, 1.807) is 13.8 Å². The Bertz CT molecular complexity index is 308. The third kappa shape index (κ3) is 3.15. The van der Waals surface area contributed by atoms with Gasteiger partial charge in [0.25, 0.3) is 0 Å². The van der Waals surface area contributed by atoms with Crippen molar-refractivity contribution in [1.82, 2.24) is 0 Å². The molecule has 0 nitrogen and oxygen atoms in total. The van der Waals surface area contributed by atoms with Gasteiger partial charge < -0.3 is 0 Å². The zero-order valence-electron chi connectivity index (χ0n) is 8.33. The van der Waals surface area contributed by atoms with E-state index in [1.165, 1.54) is 6.08 Å². The number of rotatable bonds is 1. The summed E-state index contributed by atoms with van der Waals surface area (Å²) in [6, 6.07) is 0. The lowest BCUT2D eigenvalue weighted by Crippen LogP contribution is -2.26. The summed E-state index contributed by atoms with van der Waals surface area (Å²) in [6.45, 7) is 3.51. The Morgan fingerprint density at radius 1 is 1.33 bits per heavy atom. The summed E-state index contributed by atoms with van der Waals surface area (Å²) in [4.78, 5) is -0.590. The third-order valence-corrected chi connectivity index (χ3v) is 3.01. The highest BCUT2D eigenvalue weighted by molar-refractivity contribution is 6.30. The average Bonchev–Trinajstić information content (AvgIpc) is 1.99. The minimum absolute atomic E-state index is 0.142. The highest BCUT2D eigenvalue weighted by Crippen LogP contribution is 2.41. The smallest absolute Gasteiger partial charge is 0.166 e. The number of hydrogen-bond donors (Lipinski definition) is 0. The molecule has 0 saturated carbocycles. The van der Waals surface area contributed by atoms with Gasteiger partial charge in [0, 0.05) is 15.8 Å². The summed E-state index contributed by atoms with van der Waals surface area (Å²) in [5.74, 6) is -0.169. The van der Waals surface area contributed by atoms with Gasteiger partial charge in [-0.15, -0.1) is 11.6 Å². The first-order valence-electron chi connectivity index (χ1n) is 4.45. The first-order valence-corrected chi connectivity index (χ1v) is 5.21. The van der Waals surface area contributed by atoms with E-state index >= 15 is 0 Å². The summed E-state index contributed by atoms with van der Waals surface area (Å²) in [7, 11) is 0. The summed E-state index contributed by atoms with van der Waals surface area (Å²) < 4.78 is 37.2. The largest absolute Gasteiger partial charge is 0.417 e. The van der Waals surface area contributed by atoms with Crippen LogP contribution in [0.5, 0.6) is 0 Å². The second-order valence-corrected chi connectivity index (χ2v) is 5.48. The number of allylic oxidation sites excluding steroid dienone is 4. The van der Waals surface area contributed by atoms with Crippen LogP contribution in [-0.4, -0.2) is 11.1 Å². The molecule has 0 heterocycles. The summed E-state index contributed by atoms with van der Waals surface area (Å²) >= 11 is 11.6. The molecule has 0 aromatic heterocycles. The van der Waals surface area contributed by atoms with Crippen molar-refractivity contribution in [1.29, 1.82) is 0 Å². The van der Waals surface area contributed by atoms with Crippen molar-refractivity contribution in [3.63, 3.8) is 0 Å². The maximum atomic E-state index is 12.4. The molecule has 0 spiro atoms. The molecular weight excluding hydrogens is 248 g/mol. The molecule has 0 N–H and O–H groups in total. The van der Waals surface area contributed by atoms with Gasteiger partial charge in [0.15, 0.2) is 0 Å². The molecule has 86 valence electrons. The molecule has 1 unspecified atom stereocenters. The predicted molar refractivity (Wildman–Crippen MR) is 56.1 cm³/mol. The molecule has 0 saturated heterocycles. The van der Waals surface area contributed by atoms with E-state index < -0.39 is 16.6 Å². The van der Waals surface area contributed by atoms with Crippen LogP contribution in [0.25, 0.3) is 0 Å². The van der Waals surface area contributed by atoms with Crippen LogP contribution in [0, 0.1) is 5.92 Å². The maximum Gasteiger partial charge on any atom is 0.417 e. The molecule has 0 aromatic rings. The minimum atomic E-state index is -4.38. The average molecular weight is 259 g/mol. The Morgan fingerprint density at radius 3 is 2.20 bits per heavy atom. The Hall–Kier alpha value is -0.150. The van der Waals surface area contributed by atoms with E-state index in [-0.39, 0.29) is 17.4 Å². The van der Waals surface area contributed by atoms with Crippen molar-refractivity contribution >= 4 is 23.2 Å². The van der Waals surface area contributed by atoms with Gasteiger partial charge in [-0.3, -0.25) is 0 Å². The van der Waals surface area contributed by atoms with Gasteiger partial charge in [-0.2, -0.15) is 13.2 Å².